The van der Waals surface area contributed by atoms with Gasteiger partial charge in [-0.15, -0.1) is 0 Å². The summed E-state index contributed by atoms with van der Waals surface area (Å²) in [7, 11) is 0. The van der Waals surface area contributed by atoms with Gasteiger partial charge in [0.2, 0.25) is 5.89 Å². The first kappa shape index (κ1) is 21.8. The minimum atomic E-state index is 0.648. The van der Waals surface area contributed by atoms with Crippen LogP contribution < -0.4 is 0 Å². The summed E-state index contributed by atoms with van der Waals surface area (Å²) in [4.78, 5) is 4.81. The van der Waals surface area contributed by atoms with Gasteiger partial charge in [-0.05, 0) is 73.5 Å². The topological polar surface area (TPSA) is 26.0 Å². The number of hydrogen-bond acceptors (Lipinski definition) is 2. The van der Waals surface area contributed by atoms with Crippen molar-refractivity contribution >= 4 is 43.4 Å². The molecule has 0 N–H and O–H groups in total. The number of oxazole rings is 1. The molecule has 0 saturated carbocycles. The fourth-order valence-corrected chi connectivity index (χ4v) is 5.72. The van der Waals surface area contributed by atoms with Gasteiger partial charge < -0.3 is 4.42 Å². The molecule has 0 aliphatic heterocycles. The van der Waals surface area contributed by atoms with Crippen molar-refractivity contribution in [2.45, 2.75) is 0 Å². The Morgan fingerprint density at radius 2 is 1.10 bits per heavy atom. The second-order valence-corrected chi connectivity index (χ2v) is 10.0. The van der Waals surface area contributed by atoms with Crippen LogP contribution in [-0.2, 0) is 0 Å². The summed E-state index contributed by atoms with van der Waals surface area (Å²) in [5, 5.41) is 7.14. The van der Waals surface area contributed by atoms with Gasteiger partial charge in [0, 0.05) is 10.9 Å². The van der Waals surface area contributed by atoms with E-state index in [0.29, 0.717) is 5.89 Å². The monoisotopic (exact) mass is 497 g/mol. The molecule has 0 fully saturated rings. The van der Waals surface area contributed by atoms with E-state index < -0.39 is 0 Å². The van der Waals surface area contributed by atoms with Gasteiger partial charge >= 0.3 is 0 Å². The van der Waals surface area contributed by atoms with E-state index in [4.69, 9.17) is 9.40 Å². The fraction of sp³-hybridized carbons (Fsp3) is 0. The molecular formula is C37H23NO. The molecule has 0 bridgehead atoms. The predicted molar refractivity (Wildman–Crippen MR) is 163 cm³/mol. The second kappa shape index (κ2) is 8.68. The first-order valence-corrected chi connectivity index (χ1v) is 13.2. The third-order valence-electron chi connectivity index (χ3n) is 7.69. The van der Waals surface area contributed by atoms with Gasteiger partial charge in [0.15, 0.2) is 5.58 Å². The summed E-state index contributed by atoms with van der Waals surface area (Å²) in [5.41, 5.74) is 7.53. The molecular weight excluding hydrogens is 474 g/mol. The first-order chi connectivity index (χ1) is 19.3. The molecule has 0 radical (unpaired) electrons. The van der Waals surface area contributed by atoms with Crippen molar-refractivity contribution in [3.05, 3.63) is 140 Å². The van der Waals surface area contributed by atoms with E-state index in [1.165, 1.54) is 43.8 Å². The average Bonchev–Trinajstić information content (AvgIpc) is 3.46. The minimum absolute atomic E-state index is 0.648. The Balaban J connectivity index is 1.27. The Morgan fingerprint density at radius 1 is 0.436 bits per heavy atom. The van der Waals surface area contributed by atoms with E-state index in [2.05, 4.69) is 109 Å². The van der Waals surface area contributed by atoms with Crippen molar-refractivity contribution < 1.29 is 4.42 Å². The van der Waals surface area contributed by atoms with E-state index in [-0.39, 0.29) is 0 Å². The highest BCUT2D eigenvalue weighted by Gasteiger charge is 2.14. The zero-order chi connectivity index (χ0) is 25.8. The summed E-state index contributed by atoms with van der Waals surface area (Å²) in [6, 6.07) is 49.3. The lowest BCUT2D eigenvalue weighted by Gasteiger charge is -2.10. The third kappa shape index (κ3) is 3.61. The molecule has 0 aliphatic carbocycles. The smallest absolute Gasteiger partial charge is 0.227 e. The maximum atomic E-state index is 6.41. The van der Waals surface area contributed by atoms with Crippen molar-refractivity contribution in [1.82, 2.24) is 4.98 Å². The normalized spacial score (nSPS) is 11.6. The van der Waals surface area contributed by atoms with Crippen molar-refractivity contribution in [1.29, 1.82) is 0 Å². The Hall–Kier alpha value is -5.21. The molecule has 182 valence electrons. The van der Waals surface area contributed by atoms with Gasteiger partial charge in [-0.3, -0.25) is 0 Å². The Labute approximate surface area is 225 Å². The van der Waals surface area contributed by atoms with Crippen LogP contribution in [0.4, 0.5) is 0 Å². The van der Waals surface area contributed by atoms with Gasteiger partial charge in [0.1, 0.15) is 5.52 Å². The Morgan fingerprint density at radius 3 is 2.00 bits per heavy atom. The van der Waals surface area contributed by atoms with E-state index in [1.807, 2.05) is 30.3 Å². The molecule has 8 rings (SSSR count). The van der Waals surface area contributed by atoms with Crippen LogP contribution in [0.25, 0.3) is 77.1 Å². The number of nitrogens with zero attached hydrogens (tertiary/aromatic N) is 1. The molecule has 0 amide bonds. The lowest BCUT2D eigenvalue weighted by molar-refractivity contribution is 0.623. The van der Waals surface area contributed by atoms with Gasteiger partial charge in [-0.2, -0.15) is 0 Å². The molecule has 39 heavy (non-hydrogen) atoms. The van der Waals surface area contributed by atoms with Crippen LogP contribution in [0, 0.1) is 0 Å². The third-order valence-corrected chi connectivity index (χ3v) is 7.69. The quantitative estimate of drug-likeness (QED) is 0.227. The van der Waals surface area contributed by atoms with Crippen LogP contribution in [-0.4, -0.2) is 4.98 Å². The first-order valence-electron chi connectivity index (χ1n) is 13.2. The lowest BCUT2D eigenvalue weighted by Crippen LogP contribution is -1.84. The number of aromatic nitrogens is 1. The second-order valence-electron chi connectivity index (χ2n) is 10.0. The maximum Gasteiger partial charge on any atom is 0.227 e. The van der Waals surface area contributed by atoms with E-state index >= 15 is 0 Å². The summed E-state index contributed by atoms with van der Waals surface area (Å²) in [5.74, 6) is 0.648. The summed E-state index contributed by atoms with van der Waals surface area (Å²) in [6.45, 7) is 0. The average molecular weight is 498 g/mol. The van der Waals surface area contributed by atoms with Crippen LogP contribution in [0.2, 0.25) is 0 Å². The SMILES string of the molecule is c1ccc(-c2nc3ccc4ccc5ccc(-c6ccc(-c7cccc8ccccc78)cc6)cc5c4c3o2)cc1. The van der Waals surface area contributed by atoms with Crippen LogP contribution >= 0.6 is 0 Å². The molecule has 0 unspecified atom stereocenters. The van der Waals surface area contributed by atoms with E-state index in [0.717, 1.165) is 27.4 Å². The molecule has 7 aromatic carbocycles. The zero-order valence-electron chi connectivity index (χ0n) is 21.1. The van der Waals surface area contributed by atoms with Gasteiger partial charge in [-0.1, -0.05) is 115 Å². The van der Waals surface area contributed by atoms with Crippen LogP contribution in [0.3, 0.4) is 0 Å². The van der Waals surface area contributed by atoms with Crippen molar-refractivity contribution in [2.24, 2.45) is 0 Å². The molecule has 0 aliphatic rings. The van der Waals surface area contributed by atoms with E-state index in [1.54, 1.807) is 0 Å². The largest absolute Gasteiger partial charge is 0.435 e. The minimum Gasteiger partial charge on any atom is -0.435 e. The van der Waals surface area contributed by atoms with Gasteiger partial charge in [-0.25, -0.2) is 4.98 Å². The Kier molecular flexibility index (Phi) is 4.86. The van der Waals surface area contributed by atoms with E-state index in [9.17, 15) is 0 Å². The highest BCUT2D eigenvalue weighted by Crippen LogP contribution is 2.37. The van der Waals surface area contributed by atoms with Crippen LogP contribution in [0.15, 0.2) is 144 Å². The Bertz CT molecular complexity index is 2150. The standard InChI is InChI=1S/C37H23NO/c1-2-8-29(9-3-1)37-38-34-22-21-28-19-17-27-18-20-30(23-33(27)35(28)36(34)39-37)24-13-15-26(16-14-24)32-12-6-10-25-7-4-5-11-31(25)32/h1-23H. The molecule has 8 aromatic rings. The van der Waals surface area contributed by atoms with Crippen molar-refractivity contribution in [2.75, 3.05) is 0 Å². The fourth-order valence-electron chi connectivity index (χ4n) is 5.72. The highest BCUT2D eigenvalue weighted by molar-refractivity contribution is 6.18. The van der Waals surface area contributed by atoms with Gasteiger partial charge in [0.25, 0.3) is 0 Å². The summed E-state index contributed by atoms with van der Waals surface area (Å²) in [6.07, 6.45) is 0. The highest BCUT2D eigenvalue weighted by atomic mass is 16.3. The number of rotatable bonds is 3. The predicted octanol–water partition coefficient (Wildman–Crippen LogP) is 10.3. The molecule has 2 heteroatoms. The molecule has 0 spiro atoms. The molecule has 2 nitrogen and oxygen atoms in total. The number of hydrogen-bond donors (Lipinski definition) is 0. The zero-order valence-corrected chi connectivity index (χ0v) is 21.1. The van der Waals surface area contributed by atoms with Crippen molar-refractivity contribution in [3.63, 3.8) is 0 Å². The number of fused-ring (bicyclic) bond motifs is 6. The van der Waals surface area contributed by atoms with Gasteiger partial charge in [0.05, 0.1) is 0 Å². The van der Waals surface area contributed by atoms with Crippen molar-refractivity contribution in [3.8, 4) is 33.7 Å². The van der Waals surface area contributed by atoms with Crippen LogP contribution in [0.1, 0.15) is 0 Å². The molecule has 0 saturated heterocycles. The number of benzene rings is 7. The van der Waals surface area contributed by atoms with Crippen LogP contribution in [0.5, 0.6) is 0 Å². The molecule has 1 aromatic heterocycles. The summed E-state index contributed by atoms with van der Waals surface area (Å²) < 4.78 is 6.41. The summed E-state index contributed by atoms with van der Waals surface area (Å²) >= 11 is 0. The molecule has 1 heterocycles. The maximum absolute atomic E-state index is 6.41. The molecule has 0 atom stereocenters. The lowest BCUT2D eigenvalue weighted by atomic mass is 9.94.